The predicted molar refractivity (Wildman–Crippen MR) is 101 cm³/mol. The molecular formula is C19H15N3O3S. The fourth-order valence-corrected chi connectivity index (χ4v) is 3.59. The minimum Gasteiger partial charge on any atom is -0.304 e. The first-order valence-electron chi connectivity index (χ1n) is 7.91. The Morgan fingerprint density at radius 2 is 2.04 bits per heavy atom. The molecule has 0 spiro atoms. The van der Waals surface area contributed by atoms with E-state index in [4.69, 9.17) is 6.42 Å². The lowest BCUT2D eigenvalue weighted by Gasteiger charge is -2.00. The number of rotatable bonds is 5. The highest BCUT2D eigenvalue weighted by Crippen LogP contribution is 2.23. The third-order valence-electron chi connectivity index (χ3n) is 3.82. The summed E-state index contributed by atoms with van der Waals surface area (Å²) in [5, 5.41) is 11.0. The van der Waals surface area contributed by atoms with Crippen LogP contribution in [0.5, 0.6) is 0 Å². The van der Waals surface area contributed by atoms with E-state index in [2.05, 4.69) is 10.9 Å². The predicted octanol–water partition coefficient (Wildman–Crippen LogP) is 3.30. The maximum absolute atomic E-state index is 12.3. The number of aromatic nitrogens is 1. The highest BCUT2D eigenvalue weighted by atomic mass is 32.1. The van der Waals surface area contributed by atoms with Crippen LogP contribution in [0.4, 0.5) is 5.69 Å². The highest BCUT2D eigenvalue weighted by Gasteiger charge is 2.12. The third-order valence-corrected chi connectivity index (χ3v) is 4.88. The molecule has 6 nitrogen and oxygen atoms in total. The van der Waals surface area contributed by atoms with E-state index < -0.39 is 4.92 Å². The Labute approximate surface area is 153 Å². The maximum Gasteiger partial charge on any atom is 0.271 e. The largest absolute Gasteiger partial charge is 0.304 e. The van der Waals surface area contributed by atoms with E-state index in [1.54, 1.807) is 10.6 Å². The van der Waals surface area contributed by atoms with Gasteiger partial charge in [0, 0.05) is 18.6 Å². The molecule has 0 atom stereocenters. The average molecular weight is 365 g/mol. The van der Waals surface area contributed by atoms with Gasteiger partial charge in [0.2, 0.25) is 5.91 Å². The van der Waals surface area contributed by atoms with Crippen LogP contribution in [0.25, 0.3) is 10.2 Å². The van der Waals surface area contributed by atoms with Crippen molar-refractivity contribution in [1.29, 1.82) is 0 Å². The van der Waals surface area contributed by atoms with E-state index in [1.165, 1.54) is 23.5 Å². The molecule has 0 saturated heterocycles. The molecule has 1 aromatic heterocycles. The van der Waals surface area contributed by atoms with Crippen molar-refractivity contribution in [2.24, 2.45) is 4.99 Å². The van der Waals surface area contributed by atoms with Crippen LogP contribution in [-0.4, -0.2) is 15.4 Å². The van der Waals surface area contributed by atoms with Gasteiger partial charge in [-0.05, 0) is 18.1 Å². The zero-order chi connectivity index (χ0) is 18.5. The number of nitro benzene ring substituents is 1. The van der Waals surface area contributed by atoms with Gasteiger partial charge in [-0.2, -0.15) is 4.99 Å². The summed E-state index contributed by atoms with van der Waals surface area (Å²) in [6.45, 7) is 0.186. The fourth-order valence-electron chi connectivity index (χ4n) is 2.56. The molecule has 7 heteroatoms. The molecule has 0 aliphatic heterocycles. The Bertz CT molecular complexity index is 1070. The SMILES string of the molecule is C#CCn1c(=NC(=O)CCc2ccccc2)sc2ccc([N+](=O)[O-])cc21. The maximum atomic E-state index is 12.3. The van der Waals surface area contributed by atoms with Gasteiger partial charge < -0.3 is 4.57 Å². The summed E-state index contributed by atoms with van der Waals surface area (Å²) in [5.74, 6) is 2.26. The summed E-state index contributed by atoms with van der Waals surface area (Å²) in [6, 6.07) is 14.2. The van der Waals surface area contributed by atoms with Crippen molar-refractivity contribution in [3.05, 3.63) is 69.0 Å². The molecule has 0 bridgehead atoms. The summed E-state index contributed by atoms with van der Waals surface area (Å²) in [7, 11) is 0. The number of amides is 1. The second-order valence-corrected chi connectivity index (χ2v) is 6.58. The van der Waals surface area contributed by atoms with Crippen molar-refractivity contribution in [2.45, 2.75) is 19.4 Å². The van der Waals surface area contributed by atoms with Crippen molar-refractivity contribution in [1.82, 2.24) is 4.57 Å². The lowest BCUT2D eigenvalue weighted by Crippen LogP contribution is -2.16. The minimum atomic E-state index is -0.459. The topological polar surface area (TPSA) is 77.5 Å². The first-order valence-corrected chi connectivity index (χ1v) is 8.73. The van der Waals surface area contributed by atoms with Crippen molar-refractivity contribution in [3.63, 3.8) is 0 Å². The summed E-state index contributed by atoms with van der Waals surface area (Å²) in [5.41, 5.74) is 1.65. The minimum absolute atomic E-state index is 0.0250. The number of benzene rings is 2. The lowest BCUT2D eigenvalue weighted by atomic mass is 10.1. The van der Waals surface area contributed by atoms with E-state index in [9.17, 15) is 14.9 Å². The van der Waals surface area contributed by atoms with E-state index in [0.29, 0.717) is 16.7 Å². The van der Waals surface area contributed by atoms with Crippen molar-refractivity contribution >= 4 is 33.1 Å². The Morgan fingerprint density at radius 3 is 2.73 bits per heavy atom. The first-order chi connectivity index (χ1) is 12.6. The Morgan fingerprint density at radius 1 is 1.27 bits per heavy atom. The molecular weight excluding hydrogens is 350 g/mol. The zero-order valence-electron chi connectivity index (χ0n) is 13.8. The molecule has 0 saturated carbocycles. The molecule has 0 aliphatic rings. The second kappa shape index (κ2) is 7.76. The van der Waals surface area contributed by atoms with E-state index >= 15 is 0 Å². The average Bonchev–Trinajstić information content (AvgIpc) is 2.97. The van der Waals surface area contributed by atoms with Gasteiger partial charge in [-0.1, -0.05) is 47.6 Å². The number of nitro groups is 1. The number of hydrogen-bond donors (Lipinski definition) is 0. The van der Waals surface area contributed by atoms with Gasteiger partial charge in [0.25, 0.3) is 5.69 Å². The number of aryl methyl sites for hydroxylation is 1. The Kier molecular flexibility index (Phi) is 5.25. The molecule has 0 unspecified atom stereocenters. The van der Waals surface area contributed by atoms with Crippen LogP contribution >= 0.6 is 11.3 Å². The van der Waals surface area contributed by atoms with Crippen LogP contribution in [0.15, 0.2) is 53.5 Å². The number of non-ortho nitro benzene ring substituents is 1. The van der Waals surface area contributed by atoms with Crippen LogP contribution in [-0.2, 0) is 17.8 Å². The highest BCUT2D eigenvalue weighted by molar-refractivity contribution is 7.16. The molecule has 1 heterocycles. The van der Waals surface area contributed by atoms with Crippen LogP contribution < -0.4 is 4.80 Å². The summed E-state index contributed by atoms with van der Waals surface area (Å²) in [4.78, 5) is 27.4. The zero-order valence-corrected chi connectivity index (χ0v) is 14.6. The van der Waals surface area contributed by atoms with Gasteiger partial charge in [0.05, 0.1) is 21.7 Å². The number of terminal acetylenes is 1. The first kappa shape index (κ1) is 17.6. The van der Waals surface area contributed by atoms with Crippen molar-refractivity contribution in [2.75, 3.05) is 0 Å². The number of nitrogens with zero attached hydrogens (tertiary/aromatic N) is 3. The van der Waals surface area contributed by atoms with Crippen LogP contribution in [0.2, 0.25) is 0 Å². The summed E-state index contributed by atoms with van der Waals surface area (Å²) >= 11 is 1.29. The molecule has 3 rings (SSSR count). The Hall–Kier alpha value is -3.24. The molecule has 3 aromatic rings. The monoisotopic (exact) mass is 365 g/mol. The molecule has 0 aliphatic carbocycles. The number of fused-ring (bicyclic) bond motifs is 1. The summed E-state index contributed by atoms with van der Waals surface area (Å²) < 4.78 is 2.45. The lowest BCUT2D eigenvalue weighted by molar-refractivity contribution is -0.384. The standard InChI is InChI=1S/C19H15N3O3S/c1-2-12-21-16-13-15(22(24)25)9-10-17(16)26-19(21)20-18(23)11-8-14-6-4-3-5-7-14/h1,3-7,9-10,13H,8,11-12H2. The van der Waals surface area contributed by atoms with Crippen LogP contribution in [0.3, 0.4) is 0 Å². The quantitative estimate of drug-likeness (QED) is 0.395. The van der Waals surface area contributed by atoms with Gasteiger partial charge in [-0.3, -0.25) is 14.9 Å². The van der Waals surface area contributed by atoms with E-state index in [1.807, 2.05) is 30.3 Å². The Balaban J connectivity index is 1.93. The van der Waals surface area contributed by atoms with Crippen LogP contribution in [0, 0.1) is 22.5 Å². The number of hydrogen-bond acceptors (Lipinski definition) is 4. The molecule has 0 N–H and O–H groups in total. The second-order valence-electron chi connectivity index (χ2n) is 5.58. The molecule has 2 aromatic carbocycles. The summed E-state index contributed by atoms with van der Waals surface area (Å²) in [6.07, 6.45) is 6.31. The fraction of sp³-hybridized carbons (Fsp3) is 0.158. The molecule has 0 radical (unpaired) electrons. The molecule has 1 amide bonds. The van der Waals surface area contributed by atoms with E-state index in [0.717, 1.165) is 10.3 Å². The molecule has 26 heavy (non-hydrogen) atoms. The molecule has 0 fully saturated rings. The van der Waals surface area contributed by atoms with E-state index in [-0.39, 0.29) is 24.6 Å². The third kappa shape index (κ3) is 3.87. The van der Waals surface area contributed by atoms with Gasteiger partial charge in [-0.25, -0.2) is 0 Å². The smallest absolute Gasteiger partial charge is 0.271 e. The van der Waals surface area contributed by atoms with Crippen molar-refractivity contribution < 1.29 is 9.72 Å². The van der Waals surface area contributed by atoms with Gasteiger partial charge in [0.15, 0.2) is 4.80 Å². The van der Waals surface area contributed by atoms with Gasteiger partial charge in [0.1, 0.15) is 0 Å². The number of carbonyl (C=O) groups excluding carboxylic acids is 1. The van der Waals surface area contributed by atoms with Gasteiger partial charge in [-0.15, -0.1) is 6.42 Å². The normalized spacial score (nSPS) is 11.4. The van der Waals surface area contributed by atoms with Gasteiger partial charge >= 0.3 is 0 Å². The van der Waals surface area contributed by atoms with Crippen molar-refractivity contribution in [3.8, 4) is 12.3 Å². The number of carbonyl (C=O) groups is 1. The van der Waals surface area contributed by atoms with Crippen LogP contribution in [0.1, 0.15) is 12.0 Å². The number of thiazole rings is 1. The molecule has 130 valence electrons.